The average Bonchev–Trinajstić information content (AvgIpc) is 3.29. The van der Waals surface area contributed by atoms with Crippen molar-refractivity contribution >= 4 is 38.2 Å². The number of hydrogen-bond acceptors (Lipinski definition) is 6. The molecule has 7 nitrogen and oxygen atoms in total. The Morgan fingerprint density at radius 3 is 2.26 bits per heavy atom. The molecular weight excluding hydrogens is 470 g/mol. The fourth-order valence-corrected chi connectivity index (χ4v) is 6.45. The number of benzene rings is 2. The van der Waals surface area contributed by atoms with Gasteiger partial charge in [-0.15, -0.1) is 0 Å². The molecule has 2 aromatic carbocycles. The van der Waals surface area contributed by atoms with Crippen LogP contribution in [-0.4, -0.2) is 42.5 Å². The number of ketones is 1. The number of aromatic nitrogens is 1. The number of thiazole rings is 1. The molecule has 4 rings (SSSR count). The topological polar surface area (TPSA) is 96.4 Å². The van der Waals surface area contributed by atoms with Crippen molar-refractivity contribution in [2.75, 3.05) is 12.4 Å². The zero-order chi connectivity index (χ0) is 24.3. The predicted octanol–water partition coefficient (Wildman–Crippen LogP) is 5.22. The Balaban J connectivity index is 1.51. The van der Waals surface area contributed by atoms with Crippen LogP contribution >= 0.6 is 11.3 Å². The molecule has 1 aromatic heterocycles. The van der Waals surface area contributed by atoms with E-state index in [-0.39, 0.29) is 16.7 Å². The van der Waals surface area contributed by atoms with Gasteiger partial charge in [0.05, 0.1) is 15.5 Å². The first-order chi connectivity index (χ1) is 16.3. The van der Waals surface area contributed by atoms with Gasteiger partial charge in [-0.3, -0.25) is 14.9 Å². The third-order valence-electron chi connectivity index (χ3n) is 6.10. The van der Waals surface area contributed by atoms with Gasteiger partial charge in [0, 0.05) is 31.1 Å². The summed E-state index contributed by atoms with van der Waals surface area (Å²) in [5.74, 6) is -0.554. The number of carbonyl (C=O) groups is 2. The SMILES string of the molecule is CC(=O)c1sc(NC(=O)c2ccc(S(=O)(=O)N(C)C3CCCCC3)cc2)nc1-c1ccccc1. The minimum atomic E-state index is -3.63. The highest BCUT2D eigenvalue weighted by atomic mass is 32.2. The number of Topliss-reactive ketones (excluding diaryl/α,β-unsaturated/α-hetero) is 1. The van der Waals surface area contributed by atoms with Gasteiger partial charge in [0.25, 0.3) is 5.91 Å². The molecule has 0 saturated heterocycles. The first kappa shape index (κ1) is 24.3. The Hall–Kier alpha value is -2.88. The normalized spacial score (nSPS) is 14.8. The number of hydrogen-bond donors (Lipinski definition) is 1. The number of rotatable bonds is 7. The van der Waals surface area contributed by atoms with Gasteiger partial charge >= 0.3 is 0 Å². The molecule has 0 aliphatic heterocycles. The molecule has 1 fully saturated rings. The second-order valence-electron chi connectivity index (χ2n) is 8.41. The Morgan fingerprint density at radius 2 is 1.65 bits per heavy atom. The summed E-state index contributed by atoms with van der Waals surface area (Å²) in [4.78, 5) is 30.0. The molecule has 1 aliphatic rings. The molecular formula is C25H27N3O4S2. The number of nitrogens with zero attached hydrogens (tertiary/aromatic N) is 2. The van der Waals surface area contributed by atoms with Crippen LogP contribution in [-0.2, 0) is 10.0 Å². The minimum absolute atomic E-state index is 0.0147. The van der Waals surface area contributed by atoms with Crippen molar-refractivity contribution in [3.05, 3.63) is 65.0 Å². The lowest BCUT2D eigenvalue weighted by Crippen LogP contribution is -2.38. The summed E-state index contributed by atoms with van der Waals surface area (Å²) in [5.41, 5.74) is 1.63. The van der Waals surface area contributed by atoms with E-state index in [1.54, 1.807) is 7.05 Å². The Bertz CT molecular complexity index is 1280. The molecule has 3 aromatic rings. The van der Waals surface area contributed by atoms with E-state index in [2.05, 4.69) is 10.3 Å². The maximum absolute atomic E-state index is 13.0. The van der Waals surface area contributed by atoms with Crippen LogP contribution in [0.3, 0.4) is 0 Å². The highest BCUT2D eigenvalue weighted by molar-refractivity contribution is 7.89. The molecule has 1 amide bonds. The van der Waals surface area contributed by atoms with Gasteiger partial charge in [-0.1, -0.05) is 60.9 Å². The number of anilines is 1. The van der Waals surface area contributed by atoms with E-state index in [0.29, 0.717) is 21.3 Å². The summed E-state index contributed by atoms with van der Waals surface area (Å²) in [6.07, 6.45) is 4.97. The summed E-state index contributed by atoms with van der Waals surface area (Å²) in [6, 6.07) is 15.2. The second kappa shape index (κ2) is 10.2. The van der Waals surface area contributed by atoms with Crippen molar-refractivity contribution in [2.24, 2.45) is 0 Å². The van der Waals surface area contributed by atoms with E-state index in [0.717, 1.165) is 49.0 Å². The average molecular weight is 498 g/mol. The summed E-state index contributed by atoms with van der Waals surface area (Å²) in [5, 5.41) is 3.04. The van der Waals surface area contributed by atoms with Crippen molar-refractivity contribution in [1.29, 1.82) is 0 Å². The van der Waals surface area contributed by atoms with Gasteiger partial charge in [-0.2, -0.15) is 4.31 Å². The number of sulfonamides is 1. The Morgan fingerprint density at radius 1 is 1.00 bits per heavy atom. The lowest BCUT2D eigenvalue weighted by atomic mass is 9.96. The number of carbonyl (C=O) groups excluding carboxylic acids is 2. The molecule has 0 unspecified atom stereocenters. The van der Waals surface area contributed by atoms with Gasteiger partial charge in [0.2, 0.25) is 10.0 Å². The molecule has 1 saturated carbocycles. The van der Waals surface area contributed by atoms with Crippen LogP contribution in [0.1, 0.15) is 59.1 Å². The van der Waals surface area contributed by atoms with Crippen LogP contribution in [0.2, 0.25) is 0 Å². The van der Waals surface area contributed by atoms with E-state index in [4.69, 9.17) is 0 Å². The van der Waals surface area contributed by atoms with Crippen molar-refractivity contribution in [3.63, 3.8) is 0 Å². The molecule has 1 heterocycles. The van der Waals surface area contributed by atoms with Crippen LogP contribution in [0.4, 0.5) is 5.13 Å². The monoisotopic (exact) mass is 497 g/mol. The molecule has 9 heteroatoms. The van der Waals surface area contributed by atoms with E-state index >= 15 is 0 Å². The van der Waals surface area contributed by atoms with Crippen LogP contribution < -0.4 is 5.32 Å². The van der Waals surface area contributed by atoms with Crippen LogP contribution in [0, 0.1) is 0 Å². The molecule has 1 N–H and O–H groups in total. The maximum Gasteiger partial charge on any atom is 0.257 e. The summed E-state index contributed by atoms with van der Waals surface area (Å²) < 4.78 is 27.5. The van der Waals surface area contributed by atoms with Crippen LogP contribution in [0.15, 0.2) is 59.5 Å². The summed E-state index contributed by atoms with van der Waals surface area (Å²) in [7, 11) is -2.00. The molecule has 1 aliphatic carbocycles. The predicted molar refractivity (Wildman–Crippen MR) is 134 cm³/mol. The molecule has 0 atom stereocenters. The summed E-state index contributed by atoms with van der Waals surface area (Å²) >= 11 is 1.12. The van der Waals surface area contributed by atoms with Crippen molar-refractivity contribution < 1.29 is 18.0 Å². The molecule has 0 radical (unpaired) electrons. The largest absolute Gasteiger partial charge is 0.298 e. The molecule has 178 valence electrons. The van der Waals surface area contributed by atoms with Crippen molar-refractivity contribution in [2.45, 2.75) is 50.0 Å². The summed E-state index contributed by atoms with van der Waals surface area (Å²) in [6.45, 7) is 1.47. The van der Waals surface area contributed by atoms with E-state index in [9.17, 15) is 18.0 Å². The zero-order valence-corrected chi connectivity index (χ0v) is 20.8. The van der Waals surface area contributed by atoms with Gasteiger partial charge in [0.1, 0.15) is 0 Å². The third kappa shape index (κ3) is 5.11. The quantitative estimate of drug-likeness (QED) is 0.452. The number of nitrogens with one attached hydrogen (secondary N) is 1. The fourth-order valence-electron chi connectivity index (χ4n) is 4.16. The van der Waals surface area contributed by atoms with Gasteiger partial charge < -0.3 is 0 Å². The highest BCUT2D eigenvalue weighted by Crippen LogP contribution is 2.32. The van der Waals surface area contributed by atoms with Gasteiger partial charge in [-0.05, 0) is 37.1 Å². The number of amides is 1. The van der Waals surface area contributed by atoms with Gasteiger partial charge in [0.15, 0.2) is 10.9 Å². The van der Waals surface area contributed by atoms with Crippen molar-refractivity contribution in [1.82, 2.24) is 9.29 Å². The first-order valence-electron chi connectivity index (χ1n) is 11.2. The lowest BCUT2D eigenvalue weighted by molar-refractivity contribution is 0.101. The second-order valence-corrected chi connectivity index (χ2v) is 11.4. The maximum atomic E-state index is 13.0. The Kier molecular flexibility index (Phi) is 7.25. The van der Waals surface area contributed by atoms with E-state index in [1.165, 1.54) is 35.5 Å². The third-order valence-corrected chi connectivity index (χ3v) is 9.09. The zero-order valence-electron chi connectivity index (χ0n) is 19.2. The van der Waals surface area contributed by atoms with Gasteiger partial charge in [-0.25, -0.2) is 13.4 Å². The highest BCUT2D eigenvalue weighted by Gasteiger charge is 2.29. The standard InChI is InChI=1S/C25H27N3O4S2/c1-17(29)23-22(18-9-5-3-6-10-18)26-25(33-23)27-24(30)19-13-15-21(16-14-19)34(31,32)28(2)20-11-7-4-8-12-20/h3,5-6,9-10,13-16,20H,4,7-8,11-12H2,1-2H3,(H,26,27,30). The van der Waals surface area contributed by atoms with Crippen LogP contribution in [0.25, 0.3) is 11.3 Å². The molecule has 0 bridgehead atoms. The lowest BCUT2D eigenvalue weighted by Gasteiger charge is -2.30. The fraction of sp³-hybridized carbons (Fsp3) is 0.320. The molecule has 0 spiro atoms. The smallest absolute Gasteiger partial charge is 0.257 e. The van der Waals surface area contributed by atoms with Crippen LogP contribution in [0.5, 0.6) is 0 Å². The minimum Gasteiger partial charge on any atom is -0.298 e. The first-order valence-corrected chi connectivity index (χ1v) is 13.5. The van der Waals surface area contributed by atoms with E-state index in [1.807, 2.05) is 30.3 Å². The molecule has 34 heavy (non-hydrogen) atoms. The van der Waals surface area contributed by atoms with E-state index < -0.39 is 15.9 Å². The Labute approximate surface area is 203 Å². The van der Waals surface area contributed by atoms with Crippen molar-refractivity contribution in [3.8, 4) is 11.3 Å².